The number of benzene rings is 2. The lowest BCUT2D eigenvalue weighted by molar-refractivity contribution is -0.124. The van der Waals surface area contributed by atoms with Gasteiger partial charge in [0.15, 0.2) is 6.61 Å². The molecule has 2 rings (SSSR count). The molecule has 0 saturated heterocycles. The second-order valence-electron chi connectivity index (χ2n) is 4.45. The van der Waals surface area contributed by atoms with E-state index in [1.807, 2.05) is 24.3 Å². The lowest BCUT2D eigenvalue weighted by Crippen LogP contribution is -2.28. The maximum absolute atomic E-state index is 11.8. The smallest absolute Gasteiger partial charge is 0.338 e. The van der Waals surface area contributed by atoms with Gasteiger partial charge < -0.3 is 10.1 Å². The van der Waals surface area contributed by atoms with E-state index in [4.69, 9.17) is 4.74 Å². The van der Waals surface area contributed by atoms with Crippen molar-refractivity contribution in [2.45, 2.75) is 6.54 Å². The van der Waals surface area contributed by atoms with Crippen molar-refractivity contribution in [2.75, 3.05) is 6.61 Å². The number of carbonyl (C=O) groups excluding carboxylic acids is 2. The first-order valence-corrected chi connectivity index (χ1v) is 8.07. The molecule has 0 bridgehead atoms. The summed E-state index contributed by atoms with van der Waals surface area (Å²) in [6.07, 6.45) is 0. The fourth-order valence-electron chi connectivity index (χ4n) is 1.69. The Kier molecular flexibility index (Phi) is 6.15. The zero-order valence-electron chi connectivity index (χ0n) is 11.5. The third kappa shape index (κ3) is 4.96. The number of carbonyl (C=O) groups is 2. The topological polar surface area (TPSA) is 55.4 Å². The van der Waals surface area contributed by atoms with E-state index >= 15 is 0 Å². The summed E-state index contributed by atoms with van der Waals surface area (Å²) in [5.41, 5.74) is 1.36. The SMILES string of the molecule is O=C(COC(=O)c1ccc(Br)cc1)NCc1ccccc1Br. The summed E-state index contributed by atoms with van der Waals surface area (Å²) in [4.78, 5) is 23.5. The summed E-state index contributed by atoms with van der Waals surface area (Å²) < 4.78 is 6.76. The first-order valence-electron chi connectivity index (χ1n) is 6.49. The minimum atomic E-state index is -0.524. The summed E-state index contributed by atoms with van der Waals surface area (Å²) in [5, 5.41) is 2.70. The Labute approximate surface area is 145 Å². The molecule has 0 radical (unpaired) electrons. The van der Waals surface area contributed by atoms with Gasteiger partial charge in [-0.1, -0.05) is 50.1 Å². The van der Waals surface area contributed by atoms with Gasteiger partial charge in [0.2, 0.25) is 0 Å². The predicted molar refractivity (Wildman–Crippen MR) is 90.4 cm³/mol. The van der Waals surface area contributed by atoms with Gasteiger partial charge in [-0.25, -0.2) is 4.79 Å². The van der Waals surface area contributed by atoms with Crippen LogP contribution in [0, 0.1) is 0 Å². The molecule has 6 heteroatoms. The van der Waals surface area contributed by atoms with Gasteiger partial charge in [-0.2, -0.15) is 0 Å². The van der Waals surface area contributed by atoms with Gasteiger partial charge >= 0.3 is 5.97 Å². The highest BCUT2D eigenvalue weighted by molar-refractivity contribution is 9.10. The molecule has 0 aliphatic heterocycles. The Hall–Kier alpha value is -1.66. The number of hydrogen-bond acceptors (Lipinski definition) is 3. The summed E-state index contributed by atoms with van der Waals surface area (Å²) in [7, 11) is 0. The van der Waals surface area contributed by atoms with Crippen molar-refractivity contribution in [1.82, 2.24) is 5.32 Å². The Balaban J connectivity index is 1.79. The fraction of sp³-hybridized carbons (Fsp3) is 0.125. The van der Waals surface area contributed by atoms with Gasteiger partial charge in [0.1, 0.15) is 0 Å². The van der Waals surface area contributed by atoms with Gasteiger partial charge in [-0.3, -0.25) is 4.79 Å². The monoisotopic (exact) mass is 425 g/mol. The van der Waals surface area contributed by atoms with E-state index in [9.17, 15) is 9.59 Å². The molecule has 4 nitrogen and oxygen atoms in total. The van der Waals surface area contributed by atoms with Crippen molar-refractivity contribution in [1.29, 1.82) is 0 Å². The maximum atomic E-state index is 11.8. The average Bonchev–Trinajstić information content (AvgIpc) is 2.52. The van der Waals surface area contributed by atoms with E-state index in [2.05, 4.69) is 37.2 Å². The third-order valence-electron chi connectivity index (χ3n) is 2.85. The van der Waals surface area contributed by atoms with E-state index in [1.54, 1.807) is 24.3 Å². The molecule has 0 unspecified atom stereocenters. The molecule has 22 heavy (non-hydrogen) atoms. The minimum Gasteiger partial charge on any atom is -0.452 e. The van der Waals surface area contributed by atoms with Crippen molar-refractivity contribution in [2.24, 2.45) is 0 Å². The average molecular weight is 427 g/mol. The highest BCUT2D eigenvalue weighted by Crippen LogP contribution is 2.15. The highest BCUT2D eigenvalue weighted by Gasteiger charge is 2.10. The molecule has 0 aliphatic rings. The standard InChI is InChI=1S/C16H13Br2NO3/c17-13-7-5-11(6-8-13)16(21)22-10-15(20)19-9-12-3-1-2-4-14(12)18/h1-8H,9-10H2,(H,19,20). The molecule has 2 aromatic rings. The van der Waals surface area contributed by atoms with Crippen LogP contribution < -0.4 is 5.32 Å². The first-order chi connectivity index (χ1) is 10.6. The van der Waals surface area contributed by atoms with E-state index < -0.39 is 5.97 Å². The molecular weight excluding hydrogens is 414 g/mol. The number of nitrogens with one attached hydrogen (secondary N) is 1. The van der Waals surface area contributed by atoms with Gasteiger partial charge in [-0.05, 0) is 35.9 Å². The van der Waals surface area contributed by atoms with E-state index in [1.165, 1.54) is 0 Å². The van der Waals surface area contributed by atoms with Crippen LogP contribution in [-0.2, 0) is 16.1 Å². The van der Waals surface area contributed by atoms with Gasteiger partial charge in [0.05, 0.1) is 5.56 Å². The summed E-state index contributed by atoms with van der Waals surface area (Å²) >= 11 is 6.69. The number of hydrogen-bond donors (Lipinski definition) is 1. The maximum Gasteiger partial charge on any atom is 0.338 e. The van der Waals surface area contributed by atoms with Crippen LogP contribution in [0.4, 0.5) is 0 Å². The molecule has 0 heterocycles. The van der Waals surface area contributed by atoms with Crippen LogP contribution in [-0.4, -0.2) is 18.5 Å². The zero-order chi connectivity index (χ0) is 15.9. The molecule has 1 N–H and O–H groups in total. The van der Waals surface area contributed by atoms with Gasteiger partial charge in [0.25, 0.3) is 5.91 Å². The minimum absolute atomic E-state index is 0.306. The zero-order valence-corrected chi connectivity index (χ0v) is 14.7. The Morgan fingerprint density at radius 3 is 2.36 bits per heavy atom. The lowest BCUT2D eigenvalue weighted by Gasteiger charge is -2.08. The van der Waals surface area contributed by atoms with Crippen LogP contribution >= 0.6 is 31.9 Å². The molecule has 0 aliphatic carbocycles. The Morgan fingerprint density at radius 1 is 1.00 bits per heavy atom. The van der Waals surface area contributed by atoms with Crippen LogP contribution in [0.1, 0.15) is 15.9 Å². The molecule has 114 valence electrons. The molecule has 0 saturated carbocycles. The Bertz CT molecular complexity index is 671. The van der Waals surface area contributed by atoms with Crippen molar-refractivity contribution in [3.63, 3.8) is 0 Å². The Morgan fingerprint density at radius 2 is 1.68 bits per heavy atom. The summed E-state index contributed by atoms with van der Waals surface area (Å²) in [6, 6.07) is 14.3. The van der Waals surface area contributed by atoms with E-state index in [0.29, 0.717) is 12.1 Å². The molecule has 0 fully saturated rings. The number of rotatable bonds is 5. The highest BCUT2D eigenvalue weighted by atomic mass is 79.9. The predicted octanol–water partition coefficient (Wildman–Crippen LogP) is 3.68. The van der Waals surface area contributed by atoms with Crippen LogP contribution in [0.5, 0.6) is 0 Å². The van der Waals surface area contributed by atoms with Crippen molar-refractivity contribution < 1.29 is 14.3 Å². The summed E-state index contributed by atoms with van der Waals surface area (Å²) in [6.45, 7) is 0.0649. The van der Waals surface area contributed by atoms with Gasteiger partial charge in [-0.15, -0.1) is 0 Å². The number of halogens is 2. The first kappa shape index (κ1) is 16.7. The van der Waals surface area contributed by atoms with Crippen LogP contribution in [0.25, 0.3) is 0 Å². The van der Waals surface area contributed by atoms with E-state index in [0.717, 1.165) is 14.5 Å². The second-order valence-corrected chi connectivity index (χ2v) is 6.22. The van der Waals surface area contributed by atoms with Crippen LogP contribution in [0.2, 0.25) is 0 Å². The largest absolute Gasteiger partial charge is 0.452 e. The molecule has 0 spiro atoms. The lowest BCUT2D eigenvalue weighted by atomic mass is 10.2. The third-order valence-corrected chi connectivity index (χ3v) is 4.15. The number of ether oxygens (including phenoxy) is 1. The summed E-state index contributed by atoms with van der Waals surface area (Å²) in [5.74, 6) is -0.871. The van der Waals surface area contributed by atoms with Crippen LogP contribution in [0.3, 0.4) is 0 Å². The quantitative estimate of drug-likeness (QED) is 0.742. The molecule has 0 aromatic heterocycles. The van der Waals surface area contributed by atoms with E-state index in [-0.39, 0.29) is 12.5 Å². The van der Waals surface area contributed by atoms with Crippen molar-refractivity contribution in [3.05, 3.63) is 68.6 Å². The second kappa shape index (κ2) is 8.10. The van der Waals surface area contributed by atoms with Gasteiger partial charge in [0, 0.05) is 15.5 Å². The fourth-order valence-corrected chi connectivity index (χ4v) is 2.38. The normalized spacial score (nSPS) is 10.1. The van der Waals surface area contributed by atoms with Crippen LogP contribution in [0.15, 0.2) is 57.5 Å². The number of amides is 1. The van der Waals surface area contributed by atoms with Crippen molar-refractivity contribution in [3.8, 4) is 0 Å². The molecular formula is C16H13Br2NO3. The number of esters is 1. The van der Waals surface area contributed by atoms with Crippen molar-refractivity contribution >= 4 is 43.7 Å². The molecule has 1 amide bonds. The molecule has 2 aromatic carbocycles. The molecule has 0 atom stereocenters.